The van der Waals surface area contributed by atoms with Gasteiger partial charge in [-0.25, -0.2) is 0 Å². The second-order valence-electron chi connectivity index (χ2n) is 3.01. The summed E-state index contributed by atoms with van der Waals surface area (Å²) in [6, 6.07) is 9.61. The molecule has 74 valence electrons. The summed E-state index contributed by atoms with van der Waals surface area (Å²) in [4.78, 5) is 0. The van der Waals surface area contributed by atoms with Gasteiger partial charge in [0.25, 0.3) is 0 Å². The molecule has 1 nitrogen and oxygen atoms in total. The molecule has 0 saturated carbocycles. The van der Waals surface area contributed by atoms with Crippen LogP contribution in [0.4, 0.5) is 0 Å². The fourth-order valence-corrected chi connectivity index (χ4v) is 1.35. The summed E-state index contributed by atoms with van der Waals surface area (Å²) in [5, 5.41) is 9.12. The van der Waals surface area contributed by atoms with E-state index in [9.17, 15) is 0 Å². The molecule has 0 aliphatic carbocycles. The van der Waals surface area contributed by atoms with Crippen molar-refractivity contribution in [2.24, 2.45) is 0 Å². The third kappa shape index (κ3) is 2.74. The second-order valence-corrected chi connectivity index (χ2v) is 3.01. The molecule has 0 aliphatic heterocycles. The number of terminal acetylenes is 2. The fourth-order valence-electron chi connectivity index (χ4n) is 1.35. The van der Waals surface area contributed by atoms with Crippen molar-refractivity contribution in [2.75, 3.05) is 6.61 Å². The van der Waals surface area contributed by atoms with Crippen molar-refractivity contribution < 1.29 is 5.11 Å². The number of hydrogen-bond donors (Lipinski definition) is 1. The Balaban J connectivity index is 3.22. The molecule has 0 atom stereocenters. The van der Waals surface area contributed by atoms with E-state index < -0.39 is 0 Å². The van der Waals surface area contributed by atoms with Crippen LogP contribution in [-0.4, -0.2) is 11.7 Å². The Morgan fingerprint density at radius 3 is 2.33 bits per heavy atom. The first-order valence-electron chi connectivity index (χ1n) is 4.61. The molecule has 0 spiro atoms. The van der Waals surface area contributed by atoms with Gasteiger partial charge in [0.1, 0.15) is 0 Å². The lowest BCUT2D eigenvalue weighted by atomic mass is 9.98. The van der Waals surface area contributed by atoms with E-state index in [-0.39, 0.29) is 6.61 Å². The Kier molecular flexibility index (Phi) is 4.23. The molecule has 0 bridgehead atoms. The first kappa shape index (κ1) is 11.1. The van der Waals surface area contributed by atoms with Crippen LogP contribution in [0.1, 0.15) is 12.0 Å². The van der Waals surface area contributed by atoms with Gasteiger partial charge in [-0.05, 0) is 11.1 Å². The van der Waals surface area contributed by atoms with Gasteiger partial charge in [-0.1, -0.05) is 36.3 Å². The van der Waals surface area contributed by atoms with Gasteiger partial charge in [-0.2, -0.15) is 0 Å². The zero-order chi connectivity index (χ0) is 11.1. The average Bonchev–Trinajstić information content (AvgIpc) is 2.30. The Bertz CT molecular complexity index is 427. The molecule has 1 aromatic carbocycles. The predicted octanol–water partition coefficient (Wildman–Crippen LogP) is 2.09. The van der Waals surface area contributed by atoms with Crippen LogP contribution in [0, 0.1) is 24.7 Å². The van der Waals surface area contributed by atoms with Crippen molar-refractivity contribution >= 4 is 5.57 Å². The summed E-state index contributed by atoms with van der Waals surface area (Å²) in [6.07, 6.45) is 11.0. The monoisotopic (exact) mass is 196 g/mol. The third-order valence-electron chi connectivity index (χ3n) is 2.10. The molecule has 0 radical (unpaired) electrons. The van der Waals surface area contributed by atoms with E-state index in [1.807, 2.05) is 30.3 Å². The van der Waals surface area contributed by atoms with E-state index in [0.29, 0.717) is 12.0 Å². The highest BCUT2D eigenvalue weighted by Gasteiger charge is 2.05. The molecule has 1 aromatic rings. The number of aliphatic hydroxyl groups is 1. The van der Waals surface area contributed by atoms with E-state index in [1.54, 1.807) is 0 Å². The number of allylic oxidation sites excluding steroid dienone is 1. The lowest BCUT2D eigenvalue weighted by molar-refractivity contribution is 0.336. The molecule has 0 heterocycles. The molecular formula is C14H12O. The highest BCUT2D eigenvalue weighted by atomic mass is 16.3. The van der Waals surface area contributed by atoms with Gasteiger partial charge in [-0.3, -0.25) is 0 Å². The zero-order valence-electron chi connectivity index (χ0n) is 8.40. The summed E-state index contributed by atoms with van der Waals surface area (Å²) in [5.74, 6) is 5.02. The van der Waals surface area contributed by atoms with Gasteiger partial charge in [0.15, 0.2) is 0 Å². The quantitative estimate of drug-likeness (QED) is 0.734. The van der Waals surface area contributed by atoms with E-state index in [0.717, 1.165) is 11.1 Å². The number of hydrogen-bond acceptors (Lipinski definition) is 1. The molecule has 0 aromatic heterocycles. The molecule has 15 heavy (non-hydrogen) atoms. The average molecular weight is 196 g/mol. The smallest absolute Gasteiger partial charge is 0.0763 e. The second kappa shape index (κ2) is 5.70. The van der Waals surface area contributed by atoms with Crippen LogP contribution in [0.25, 0.3) is 5.57 Å². The van der Waals surface area contributed by atoms with Crippen LogP contribution in [-0.2, 0) is 0 Å². The maximum Gasteiger partial charge on any atom is 0.0763 e. The number of aliphatic hydroxyl groups excluding tert-OH is 1. The summed E-state index contributed by atoms with van der Waals surface area (Å²) < 4.78 is 0. The SMILES string of the molecule is C#CCC(=C(C#C)CO)c1ccccc1. The first-order valence-corrected chi connectivity index (χ1v) is 4.61. The molecule has 1 rings (SSSR count). The molecule has 0 fully saturated rings. The van der Waals surface area contributed by atoms with Gasteiger partial charge in [-0.15, -0.1) is 18.8 Å². The maximum atomic E-state index is 9.12. The first-order chi connectivity index (χ1) is 7.33. The highest BCUT2D eigenvalue weighted by molar-refractivity contribution is 5.73. The van der Waals surface area contributed by atoms with Crippen molar-refractivity contribution in [1.29, 1.82) is 0 Å². The van der Waals surface area contributed by atoms with E-state index in [1.165, 1.54) is 0 Å². The number of benzene rings is 1. The van der Waals surface area contributed by atoms with Crippen LogP contribution >= 0.6 is 0 Å². The Morgan fingerprint density at radius 2 is 1.87 bits per heavy atom. The Labute approximate surface area is 90.5 Å². The zero-order valence-corrected chi connectivity index (χ0v) is 8.40. The lowest BCUT2D eigenvalue weighted by Gasteiger charge is -2.07. The van der Waals surface area contributed by atoms with E-state index in [4.69, 9.17) is 18.0 Å². The van der Waals surface area contributed by atoms with Crippen molar-refractivity contribution in [3.05, 3.63) is 41.5 Å². The molecule has 0 unspecified atom stereocenters. The summed E-state index contributed by atoms with van der Waals surface area (Å²) in [5.41, 5.74) is 2.37. The standard InChI is InChI=1S/C14H12O/c1-3-8-14(12(4-2)11-15)13-9-6-5-7-10-13/h1-2,5-7,9-10,15H,8,11H2. The molecule has 1 N–H and O–H groups in total. The van der Waals surface area contributed by atoms with Crippen LogP contribution in [0.2, 0.25) is 0 Å². The van der Waals surface area contributed by atoms with Gasteiger partial charge in [0, 0.05) is 12.0 Å². The topological polar surface area (TPSA) is 20.2 Å². The van der Waals surface area contributed by atoms with Crippen molar-refractivity contribution in [1.82, 2.24) is 0 Å². The summed E-state index contributed by atoms with van der Waals surface area (Å²) in [6.45, 7) is -0.150. The van der Waals surface area contributed by atoms with Crippen LogP contribution in [0.15, 0.2) is 35.9 Å². The van der Waals surface area contributed by atoms with Gasteiger partial charge < -0.3 is 5.11 Å². The minimum absolute atomic E-state index is 0.150. The molecular weight excluding hydrogens is 184 g/mol. The summed E-state index contributed by atoms with van der Waals surface area (Å²) in [7, 11) is 0. The highest BCUT2D eigenvalue weighted by Crippen LogP contribution is 2.21. The van der Waals surface area contributed by atoms with Crippen LogP contribution in [0.3, 0.4) is 0 Å². The molecule has 0 aliphatic rings. The summed E-state index contributed by atoms with van der Waals surface area (Å²) >= 11 is 0. The van der Waals surface area contributed by atoms with E-state index >= 15 is 0 Å². The Hall–Kier alpha value is -1.96. The Morgan fingerprint density at radius 1 is 1.20 bits per heavy atom. The van der Waals surface area contributed by atoms with Crippen LogP contribution < -0.4 is 0 Å². The largest absolute Gasteiger partial charge is 0.391 e. The van der Waals surface area contributed by atoms with E-state index in [2.05, 4.69) is 11.8 Å². The minimum atomic E-state index is -0.150. The molecule has 1 heteroatoms. The van der Waals surface area contributed by atoms with Crippen molar-refractivity contribution in [2.45, 2.75) is 6.42 Å². The van der Waals surface area contributed by atoms with Gasteiger partial charge in [0.05, 0.1) is 6.61 Å². The van der Waals surface area contributed by atoms with Crippen molar-refractivity contribution in [3.8, 4) is 24.7 Å². The maximum absolute atomic E-state index is 9.12. The molecule has 0 amide bonds. The predicted molar refractivity (Wildman–Crippen MR) is 62.7 cm³/mol. The molecule has 0 saturated heterocycles. The lowest BCUT2D eigenvalue weighted by Crippen LogP contribution is -1.94. The van der Waals surface area contributed by atoms with Gasteiger partial charge in [0.2, 0.25) is 0 Å². The third-order valence-corrected chi connectivity index (χ3v) is 2.10. The van der Waals surface area contributed by atoms with Crippen LogP contribution in [0.5, 0.6) is 0 Å². The normalized spacial score (nSPS) is 11.1. The van der Waals surface area contributed by atoms with Gasteiger partial charge >= 0.3 is 0 Å². The number of rotatable bonds is 3. The fraction of sp³-hybridized carbons (Fsp3) is 0.143. The minimum Gasteiger partial charge on any atom is -0.391 e. The van der Waals surface area contributed by atoms with Crippen molar-refractivity contribution in [3.63, 3.8) is 0 Å².